The first kappa shape index (κ1) is 11.3. The lowest BCUT2D eigenvalue weighted by molar-refractivity contribution is 0.415. The van der Waals surface area contributed by atoms with Crippen LogP contribution in [-0.4, -0.2) is 7.11 Å². The lowest BCUT2D eigenvalue weighted by Crippen LogP contribution is -1.91. The lowest BCUT2D eigenvalue weighted by Gasteiger charge is -2.08. The van der Waals surface area contributed by atoms with E-state index in [2.05, 4.69) is 6.58 Å². The van der Waals surface area contributed by atoms with E-state index in [4.69, 9.17) is 10.5 Å². The molecule has 2 nitrogen and oxygen atoms in total. The summed E-state index contributed by atoms with van der Waals surface area (Å²) in [4.78, 5) is 0. The number of methoxy groups -OCH3 is 1. The third-order valence-corrected chi connectivity index (χ3v) is 2.71. The Morgan fingerprint density at radius 1 is 1.12 bits per heavy atom. The first-order valence-corrected chi connectivity index (χ1v) is 5.41. The second-order valence-electron chi connectivity index (χ2n) is 3.78. The molecule has 0 saturated heterocycles. The van der Waals surface area contributed by atoms with Gasteiger partial charge >= 0.3 is 0 Å². The van der Waals surface area contributed by atoms with Crippen molar-refractivity contribution in [3.8, 4) is 16.9 Å². The number of nitrogen functional groups attached to an aromatic ring is 1. The van der Waals surface area contributed by atoms with Crippen LogP contribution < -0.4 is 10.5 Å². The van der Waals surface area contributed by atoms with Gasteiger partial charge in [0, 0.05) is 11.3 Å². The normalized spacial score (nSPS) is 9.94. The van der Waals surface area contributed by atoms with Crippen LogP contribution in [0.1, 0.15) is 5.56 Å². The van der Waals surface area contributed by atoms with Crippen LogP contribution in [0.2, 0.25) is 0 Å². The number of hydrogen-bond donors (Lipinski definition) is 1. The zero-order chi connectivity index (χ0) is 12.3. The minimum absolute atomic E-state index is 0.765. The standard InChI is InChI=1S/C15H15NO/c1-3-11-4-9-15(16)14(10-11)12-5-7-13(17-2)8-6-12/h3-10H,1,16H2,2H3. The Bertz CT molecular complexity index is 529. The third kappa shape index (κ3) is 2.31. The molecule has 0 aliphatic carbocycles. The van der Waals surface area contributed by atoms with E-state index in [0.29, 0.717) is 0 Å². The Morgan fingerprint density at radius 2 is 1.82 bits per heavy atom. The second kappa shape index (κ2) is 4.74. The fraction of sp³-hybridized carbons (Fsp3) is 0.0667. The van der Waals surface area contributed by atoms with E-state index in [1.165, 1.54) is 0 Å². The number of anilines is 1. The van der Waals surface area contributed by atoms with Crippen molar-refractivity contribution in [2.24, 2.45) is 0 Å². The maximum absolute atomic E-state index is 5.98. The summed E-state index contributed by atoms with van der Waals surface area (Å²) >= 11 is 0. The Labute approximate surface area is 101 Å². The van der Waals surface area contributed by atoms with E-state index >= 15 is 0 Å². The molecule has 0 aromatic heterocycles. The van der Waals surface area contributed by atoms with Gasteiger partial charge in [0.2, 0.25) is 0 Å². The predicted molar refractivity (Wildman–Crippen MR) is 72.9 cm³/mol. The molecule has 0 saturated carbocycles. The molecule has 2 aromatic rings. The third-order valence-electron chi connectivity index (χ3n) is 2.71. The zero-order valence-electron chi connectivity index (χ0n) is 9.81. The van der Waals surface area contributed by atoms with E-state index in [0.717, 1.165) is 28.1 Å². The highest BCUT2D eigenvalue weighted by atomic mass is 16.5. The van der Waals surface area contributed by atoms with Crippen molar-refractivity contribution < 1.29 is 4.74 Å². The summed E-state index contributed by atoms with van der Waals surface area (Å²) in [6, 6.07) is 13.7. The molecule has 0 amide bonds. The molecule has 0 radical (unpaired) electrons. The summed E-state index contributed by atoms with van der Waals surface area (Å²) in [6.45, 7) is 3.76. The molecule has 17 heavy (non-hydrogen) atoms. The molecule has 0 fully saturated rings. The van der Waals surface area contributed by atoms with Gasteiger partial charge in [0.1, 0.15) is 5.75 Å². The Balaban J connectivity index is 2.47. The summed E-state index contributed by atoms with van der Waals surface area (Å²) in [5, 5.41) is 0. The quantitative estimate of drug-likeness (QED) is 0.810. The van der Waals surface area contributed by atoms with Gasteiger partial charge in [0.25, 0.3) is 0 Å². The van der Waals surface area contributed by atoms with Gasteiger partial charge in [-0.2, -0.15) is 0 Å². The average Bonchev–Trinajstić information content (AvgIpc) is 2.39. The van der Waals surface area contributed by atoms with E-state index in [1.54, 1.807) is 7.11 Å². The number of benzene rings is 2. The van der Waals surface area contributed by atoms with Crippen molar-refractivity contribution >= 4 is 11.8 Å². The molecule has 2 rings (SSSR count). The second-order valence-corrected chi connectivity index (χ2v) is 3.78. The number of rotatable bonds is 3. The fourth-order valence-electron chi connectivity index (χ4n) is 1.72. The fourth-order valence-corrected chi connectivity index (χ4v) is 1.72. The Morgan fingerprint density at radius 3 is 2.41 bits per heavy atom. The smallest absolute Gasteiger partial charge is 0.118 e. The highest BCUT2D eigenvalue weighted by Crippen LogP contribution is 2.28. The van der Waals surface area contributed by atoms with Crippen LogP contribution in [0.5, 0.6) is 5.75 Å². The SMILES string of the molecule is C=Cc1ccc(N)c(-c2ccc(OC)cc2)c1. The topological polar surface area (TPSA) is 35.2 Å². The minimum Gasteiger partial charge on any atom is -0.497 e. The largest absolute Gasteiger partial charge is 0.497 e. The van der Waals surface area contributed by atoms with Crippen molar-refractivity contribution in [2.75, 3.05) is 12.8 Å². The first-order valence-electron chi connectivity index (χ1n) is 5.41. The van der Waals surface area contributed by atoms with E-state index in [1.807, 2.05) is 48.5 Å². The Hall–Kier alpha value is -2.22. The van der Waals surface area contributed by atoms with E-state index in [9.17, 15) is 0 Å². The molecule has 0 aliphatic rings. The maximum atomic E-state index is 5.98. The van der Waals surface area contributed by atoms with Gasteiger partial charge in [0.05, 0.1) is 7.11 Å². The van der Waals surface area contributed by atoms with Gasteiger partial charge in [-0.15, -0.1) is 0 Å². The van der Waals surface area contributed by atoms with Crippen LogP contribution in [0, 0.1) is 0 Å². The molecular weight excluding hydrogens is 210 g/mol. The van der Waals surface area contributed by atoms with Gasteiger partial charge in [-0.1, -0.05) is 30.9 Å². The van der Waals surface area contributed by atoms with Crippen LogP contribution in [0.4, 0.5) is 5.69 Å². The summed E-state index contributed by atoms with van der Waals surface area (Å²) < 4.78 is 5.13. The first-order chi connectivity index (χ1) is 8.24. The van der Waals surface area contributed by atoms with Crippen LogP contribution >= 0.6 is 0 Å². The lowest BCUT2D eigenvalue weighted by atomic mass is 10.0. The van der Waals surface area contributed by atoms with Crippen molar-refractivity contribution in [1.29, 1.82) is 0 Å². The molecule has 0 atom stereocenters. The van der Waals surface area contributed by atoms with Crippen LogP contribution in [0.15, 0.2) is 49.0 Å². The molecule has 0 unspecified atom stereocenters. The predicted octanol–water partition coefficient (Wildman–Crippen LogP) is 3.59. The maximum Gasteiger partial charge on any atom is 0.118 e. The highest BCUT2D eigenvalue weighted by Gasteiger charge is 2.03. The number of ether oxygens (including phenoxy) is 1. The molecule has 0 bridgehead atoms. The molecule has 0 aliphatic heterocycles. The highest BCUT2D eigenvalue weighted by molar-refractivity contribution is 5.78. The van der Waals surface area contributed by atoms with Crippen molar-refractivity contribution in [3.05, 3.63) is 54.6 Å². The summed E-state index contributed by atoms with van der Waals surface area (Å²) in [6.07, 6.45) is 1.81. The van der Waals surface area contributed by atoms with E-state index in [-0.39, 0.29) is 0 Å². The van der Waals surface area contributed by atoms with Gasteiger partial charge in [-0.3, -0.25) is 0 Å². The Kier molecular flexibility index (Phi) is 3.15. The van der Waals surface area contributed by atoms with Crippen LogP contribution in [0.3, 0.4) is 0 Å². The molecule has 2 heteroatoms. The van der Waals surface area contributed by atoms with Crippen molar-refractivity contribution in [1.82, 2.24) is 0 Å². The number of nitrogens with two attached hydrogens (primary N) is 1. The van der Waals surface area contributed by atoms with Crippen LogP contribution in [-0.2, 0) is 0 Å². The van der Waals surface area contributed by atoms with Crippen molar-refractivity contribution in [2.45, 2.75) is 0 Å². The molecule has 0 spiro atoms. The van der Waals surface area contributed by atoms with Gasteiger partial charge in [-0.25, -0.2) is 0 Å². The zero-order valence-corrected chi connectivity index (χ0v) is 9.81. The van der Waals surface area contributed by atoms with Gasteiger partial charge in [-0.05, 0) is 35.4 Å². The van der Waals surface area contributed by atoms with Gasteiger partial charge < -0.3 is 10.5 Å². The average molecular weight is 225 g/mol. The van der Waals surface area contributed by atoms with E-state index < -0.39 is 0 Å². The summed E-state index contributed by atoms with van der Waals surface area (Å²) in [7, 11) is 1.65. The summed E-state index contributed by atoms with van der Waals surface area (Å²) in [5.41, 5.74) is 9.90. The number of hydrogen-bond acceptors (Lipinski definition) is 2. The molecule has 86 valence electrons. The molecule has 2 aromatic carbocycles. The summed E-state index contributed by atoms with van der Waals surface area (Å²) in [5.74, 6) is 0.840. The molecular formula is C15H15NO. The van der Waals surface area contributed by atoms with Crippen molar-refractivity contribution in [3.63, 3.8) is 0 Å². The molecule has 0 heterocycles. The molecule has 2 N–H and O–H groups in total. The van der Waals surface area contributed by atoms with Crippen LogP contribution in [0.25, 0.3) is 17.2 Å². The monoisotopic (exact) mass is 225 g/mol. The van der Waals surface area contributed by atoms with Gasteiger partial charge in [0.15, 0.2) is 0 Å². The minimum atomic E-state index is 0.765.